The minimum absolute atomic E-state index is 0.000801. The fourth-order valence-electron chi connectivity index (χ4n) is 4.04. The molecule has 5 nitrogen and oxygen atoms in total. The Morgan fingerprint density at radius 2 is 1.97 bits per heavy atom. The lowest BCUT2D eigenvalue weighted by Crippen LogP contribution is -2.42. The lowest BCUT2D eigenvalue weighted by Gasteiger charge is -2.33. The lowest BCUT2D eigenvalue weighted by atomic mass is 10.1. The molecule has 0 aliphatic carbocycles. The van der Waals surface area contributed by atoms with Gasteiger partial charge < -0.3 is 9.64 Å². The van der Waals surface area contributed by atoms with Gasteiger partial charge in [-0.1, -0.05) is 35.9 Å². The van der Waals surface area contributed by atoms with Gasteiger partial charge in [-0.25, -0.2) is 0 Å². The number of hydrogen-bond donors (Lipinski definition) is 0. The Bertz CT molecular complexity index is 1280. The van der Waals surface area contributed by atoms with Crippen molar-refractivity contribution in [2.75, 3.05) is 19.7 Å². The van der Waals surface area contributed by atoms with Crippen molar-refractivity contribution in [1.82, 2.24) is 14.9 Å². The molecular formula is C26H22ClN3O2. The van der Waals surface area contributed by atoms with Crippen LogP contribution in [0.2, 0.25) is 5.02 Å². The van der Waals surface area contributed by atoms with Gasteiger partial charge in [0.1, 0.15) is 6.10 Å². The van der Waals surface area contributed by atoms with Crippen molar-refractivity contribution in [2.45, 2.75) is 12.5 Å². The van der Waals surface area contributed by atoms with Crippen LogP contribution in [-0.4, -0.2) is 40.5 Å². The standard InChI is InChI=1S/C26H22ClN3O2/c27-21-6-1-4-18(14-21)15-22-7-2-8-24(29-22)25-17-30(12-13-32-25)26(31)20-9-10-23-19(16-20)5-3-11-28-23/h1-11,14,16,25H,12-13,15,17H2. The molecule has 0 spiro atoms. The second-order valence-electron chi connectivity index (χ2n) is 7.88. The molecule has 0 bridgehead atoms. The van der Waals surface area contributed by atoms with Crippen molar-refractivity contribution in [2.24, 2.45) is 0 Å². The highest BCUT2D eigenvalue weighted by Crippen LogP contribution is 2.24. The van der Waals surface area contributed by atoms with E-state index in [-0.39, 0.29) is 12.0 Å². The number of hydrogen-bond acceptors (Lipinski definition) is 4. The zero-order valence-electron chi connectivity index (χ0n) is 17.4. The lowest BCUT2D eigenvalue weighted by molar-refractivity contribution is -0.0247. The largest absolute Gasteiger partial charge is 0.368 e. The number of halogens is 1. The molecule has 0 N–H and O–H groups in total. The van der Waals surface area contributed by atoms with Crippen molar-refractivity contribution in [3.63, 3.8) is 0 Å². The van der Waals surface area contributed by atoms with Gasteiger partial charge in [0.2, 0.25) is 0 Å². The van der Waals surface area contributed by atoms with E-state index in [1.807, 2.05) is 77.7 Å². The second kappa shape index (κ2) is 9.07. The van der Waals surface area contributed by atoms with Crippen LogP contribution in [0.25, 0.3) is 10.9 Å². The number of benzene rings is 2. The molecule has 2 aromatic carbocycles. The van der Waals surface area contributed by atoms with E-state index in [4.69, 9.17) is 21.3 Å². The van der Waals surface area contributed by atoms with E-state index in [0.717, 1.165) is 27.9 Å². The summed E-state index contributed by atoms with van der Waals surface area (Å²) in [7, 11) is 0. The molecule has 0 radical (unpaired) electrons. The molecule has 1 saturated heterocycles. The minimum Gasteiger partial charge on any atom is -0.368 e. The Hall–Kier alpha value is -3.28. The third-order valence-corrected chi connectivity index (χ3v) is 5.87. The van der Waals surface area contributed by atoms with E-state index in [1.165, 1.54) is 0 Å². The highest BCUT2D eigenvalue weighted by molar-refractivity contribution is 6.30. The summed E-state index contributed by atoms with van der Waals surface area (Å²) in [4.78, 5) is 24.2. The number of morpholine rings is 1. The first-order valence-corrected chi connectivity index (χ1v) is 11.0. The Kier molecular flexibility index (Phi) is 5.84. The monoisotopic (exact) mass is 443 g/mol. The van der Waals surface area contributed by atoms with Crippen molar-refractivity contribution in [3.8, 4) is 0 Å². The van der Waals surface area contributed by atoms with E-state index < -0.39 is 0 Å². The number of rotatable bonds is 4. The van der Waals surface area contributed by atoms with Gasteiger partial charge in [0.15, 0.2) is 0 Å². The number of ether oxygens (including phenoxy) is 1. The van der Waals surface area contributed by atoms with E-state index in [0.29, 0.717) is 36.7 Å². The summed E-state index contributed by atoms with van der Waals surface area (Å²) < 4.78 is 5.99. The number of amides is 1. The molecule has 1 atom stereocenters. The normalized spacial score (nSPS) is 16.3. The van der Waals surface area contributed by atoms with Crippen LogP contribution in [0.3, 0.4) is 0 Å². The van der Waals surface area contributed by atoms with Gasteiger partial charge >= 0.3 is 0 Å². The first kappa shape index (κ1) is 20.6. The van der Waals surface area contributed by atoms with Crippen LogP contribution in [0.15, 0.2) is 79.0 Å². The van der Waals surface area contributed by atoms with Gasteiger partial charge in [0, 0.05) is 40.8 Å². The molecule has 160 valence electrons. The fraction of sp³-hybridized carbons (Fsp3) is 0.192. The third-order valence-electron chi connectivity index (χ3n) is 5.64. The maximum absolute atomic E-state index is 13.2. The molecule has 4 aromatic rings. The highest BCUT2D eigenvalue weighted by atomic mass is 35.5. The van der Waals surface area contributed by atoms with Crippen LogP contribution in [0, 0.1) is 0 Å². The van der Waals surface area contributed by atoms with E-state index in [1.54, 1.807) is 6.20 Å². The van der Waals surface area contributed by atoms with Crippen LogP contribution >= 0.6 is 11.6 Å². The Labute approximate surface area is 191 Å². The van der Waals surface area contributed by atoms with Gasteiger partial charge in [-0.05, 0) is 54.1 Å². The minimum atomic E-state index is -0.255. The van der Waals surface area contributed by atoms with E-state index in [9.17, 15) is 4.79 Å². The number of fused-ring (bicyclic) bond motifs is 1. The molecule has 3 heterocycles. The van der Waals surface area contributed by atoms with Gasteiger partial charge in [0.25, 0.3) is 5.91 Å². The topological polar surface area (TPSA) is 55.3 Å². The molecule has 1 aliphatic heterocycles. The summed E-state index contributed by atoms with van der Waals surface area (Å²) in [5, 5.41) is 1.67. The number of carbonyl (C=O) groups is 1. The van der Waals surface area contributed by atoms with Crippen LogP contribution in [0.4, 0.5) is 0 Å². The highest BCUT2D eigenvalue weighted by Gasteiger charge is 2.27. The number of aromatic nitrogens is 2. The number of nitrogens with zero attached hydrogens (tertiary/aromatic N) is 3. The molecule has 1 unspecified atom stereocenters. The average Bonchev–Trinajstić information content (AvgIpc) is 2.83. The summed E-state index contributed by atoms with van der Waals surface area (Å²) in [5.41, 5.74) is 4.43. The summed E-state index contributed by atoms with van der Waals surface area (Å²) in [6.07, 6.45) is 2.19. The first-order valence-electron chi connectivity index (χ1n) is 10.6. The predicted octanol–water partition coefficient (Wildman–Crippen LogP) is 5.09. The Morgan fingerprint density at radius 1 is 1.06 bits per heavy atom. The third kappa shape index (κ3) is 4.49. The predicted molar refractivity (Wildman–Crippen MR) is 125 cm³/mol. The number of carbonyl (C=O) groups excluding carboxylic acids is 1. The van der Waals surface area contributed by atoms with E-state index >= 15 is 0 Å². The summed E-state index contributed by atoms with van der Waals surface area (Å²) in [5.74, 6) is -0.000801. The van der Waals surface area contributed by atoms with Crippen molar-refractivity contribution >= 4 is 28.4 Å². The quantitative estimate of drug-likeness (QED) is 0.441. The zero-order chi connectivity index (χ0) is 21.9. The first-order chi connectivity index (χ1) is 15.7. The molecule has 1 aliphatic rings. The summed E-state index contributed by atoms with van der Waals surface area (Å²) in [6.45, 7) is 1.51. The van der Waals surface area contributed by atoms with Gasteiger partial charge in [0.05, 0.1) is 24.4 Å². The fourth-order valence-corrected chi connectivity index (χ4v) is 4.25. The summed E-state index contributed by atoms with van der Waals surface area (Å²) in [6, 6.07) is 23.2. The van der Waals surface area contributed by atoms with Gasteiger partial charge in [-0.2, -0.15) is 0 Å². The molecule has 1 amide bonds. The molecule has 5 rings (SSSR count). The molecule has 32 heavy (non-hydrogen) atoms. The van der Waals surface area contributed by atoms with Crippen LogP contribution in [0.5, 0.6) is 0 Å². The Balaban J connectivity index is 1.32. The Morgan fingerprint density at radius 3 is 2.88 bits per heavy atom. The molecule has 0 saturated carbocycles. The average molecular weight is 444 g/mol. The molecule has 6 heteroatoms. The molecule has 1 fully saturated rings. The summed E-state index contributed by atoms with van der Waals surface area (Å²) >= 11 is 6.11. The SMILES string of the molecule is O=C(c1ccc2ncccc2c1)N1CCOC(c2cccc(Cc3cccc(Cl)c3)n2)C1. The van der Waals surface area contributed by atoms with Crippen LogP contribution in [0.1, 0.15) is 33.4 Å². The van der Waals surface area contributed by atoms with Crippen molar-refractivity contribution < 1.29 is 9.53 Å². The molecular weight excluding hydrogens is 422 g/mol. The maximum atomic E-state index is 13.2. The van der Waals surface area contributed by atoms with Gasteiger partial charge in [-0.15, -0.1) is 0 Å². The van der Waals surface area contributed by atoms with Crippen molar-refractivity contribution in [3.05, 3.63) is 107 Å². The second-order valence-corrected chi connectivity index (χ2v) is 8.32. The number of pyridine rings is 2. The van der Waals surface area contributed by atoms with Gasteiger partial charge in [-0.3, -0.25) is 14.8 Å². The van der Waals surface area contributed by atoms with Crippen LogP contribution in [-0.2, 0) is 11.2 Å². The van der Waals surface area contributed by atoms with Crippen molar-refractivity contribution in [1.29, 1.82) is 0 Å². The van der Waals surface area contributed by atoms with Crippen LogP contribution < -0.4 is 0 Å². The smallest absolute Gasteiger partial charge is 0.254 e. The zero-order valence-corrected chi connectivity index (χ0v) is 18.2. The van der Waals surface area contributed by atoms with E-state index in [2.05, 4.69) is 4.98 Å². The maximum Gasteiger partial charge on any atom is 0.254 e. The molecule has 2 aromatic heterocycles.